The molecule has 0 saturated carbocycles. The van der Waals surface area contributed by atoms with Crippen LogP contribution in [0.2, 0.25) is 0 Å². The molecule has 1 radical (unpaired) electrons. The zero-order valence-corrected chi connectivity index (χ0v) is 78.6. The first-order valence-corrected chi connectivity index (χ1v) is 46.4. The molecule has 1 aliphatic carbocycles. The number of nitrogens with zero attached hydrogens (tertiary/aromatic N) is 8. The maximum absolute atomic E-state index is 11.7. The Balaban J connectivity index is 0.000000130. The molecule has 0 spiro atoms. The summed E-state index contributed by atoms with van der Waals surface area (Å²) in [5.74, 6) is 3.15. The van der Waals surface area contributed by atoms with Gasteiger partial charge in [0.15, 0.2) is 23.3 Å². The predicted molar refractivity (Wildman–Crippen MR) is 555 cm³/mol. The average molecular weight is 1930 g/mol. The van der Waals surface area contributed by atoms with Gasteiger partial charge in [0, 0.05) is 99.1 Å². The number of hydrogen-bond donors (Lipinski definition) is 1. The Kier molecular flexibility index (Phi) is 25.8. The summed E-state index contributed by atoms with van der Waals surface area (Å²) in [4.78, 5) is 42.2. The summed E-state index contributed by atoms with van der Waals surface area (Å²) in [5.41, 5.74) is 27.4. The van der Waals surface area contributed by atoms with Gasteiger partial charge in [-0.05, 0) is 163 Å². The van der Waals surface area contributed by atoms with Crippen LogP contribution in [0.15, 0.2) is 431 Å². The van der Waals surface area contributed by atoms with Crippen LogP contribution < -0.4 is 0 Å². The van der Waals surface area contributed by atoms with E-state index in [4.69, 9.17) is 24.9 Å². The van der Waals surface area contributed by atoms with E-state index in [1.807, 2.05) is 76.4 Å². The first-order chi connectivity index (χ1) is 65.9. The van der Waals surface area contributed by atoms with E-state index in [2.05, 4.69) is 404 Å². The summed E-state index contributed by atoms with van der Waals surface area (Å²) in [6.45, 7) is 12.2. The zero-order valence-electron chi connectivity index (χ0n) is 76.2. The van der Waals surface area contributed by atoms with E-state index in [9.17, 15) is 9.90 Å². The van der Waals surface area contributed by atoms with Crippen LogP contribution in [0.5, 0.6) is 0 Å². The van der Waals surface area contributed by atoms with Crippen LogP contribution in [0, 0.1) is 31.7 Å². The van der Waals surface area contributed by atoms with Gasteiger partial charge in [-0.15, -0.1) is 34.9 Å². The molecule has 0 fully saturated rings. The molecule has 0 atom stereocenters. The second kappa shape index (κ2) is 39.3. The summed E-state index contributed by atoms with van der Waals surface area (Å²) in [6, 6.07) is 149. The fourth-order valence-corrected chi connectivity index (χ4v) is 19.7. The monoisotopic (exact) mass is 1920 g/mol. The van der Waals surface area contributed by atoms with E-state index in [0.717, 1.165) is 109 Å². The summed E-state index contributed by atoms with van der Waals surface area (Å²) in [5, 5.41) is 20.5. The second-order valence-corrected chi connectivity index (χ2v) is 34.5. The molecule has 0 saturated heterocycles. The maximum atomic E-state index is 11.7. The first kappa shape index (κ1) is 88.5. The van der Waals surface area contributed by atoms with Gasteiger partial charge in [-0.3, -0.25) is 9.36 Å². The Labute approximate surface area is 801 Å². The number of carbonyl (C=O) groups excluding carboxylic acids is 1. The first-order valence-electron chi connectivity index (χ1n) is 46.4. The van der Waals surface area contributed by atoms with Crippen molar-refractivity contribution in [2.75, 3.05) is 0 Å². The summed E-state index contributed by atoms with van der Waals surface area (Å²) in [7, 11) is 0. The van der Waals surface area contributed by atoms with Crippen molar-refractivity contribution in [3.05, 3.63) is 470 Å². The fourth-order valence-electron chi connectivity index (χ4n) is 19.7. The van der Waals surface area contributed by atoms with E-state index in [1.54, 1.807) is 0 Å². The number of allylic oxidation sites excluding steroid dienone is 2. The number of pyridine rings is 1. The third kappa shape index (κ3) is 17.4. The summed E-state index contributed by atoms with van der Waals surface area (Å²) < 4.78 is 4.61. The molecule has 17 aromatic carbocycles. The van der Waals surface area contributed by atoms with E-state index in [-0.39, 0.29) is 43.5 Å². The Hall–Kier alpha value is -15.8. The van der Waals surface area contributed by atoms with Gasteiger partial charge in [0.1, 0.15) is 0 Å². The van der Waals surface area contributed by atoms with E-state index >= 15 is 0 Å². The zero-order chi connectivity index (χ0) is 91.2. The third-order valence-electron chi connectivity index (χ3n) is 26.3. The quantitative estimate of drug-likeness (QED) is 0.0512. The molecule has 10 nitrogen and oxygen atoms in total. The number of rotatable bonds is 18. The molecule has 5 heterocycles. The minimum absolute atomic E-state index is 0. The van der Waals surface area contributed by atoms with Crippen LogP contribution in [0.3, 0.4) is 0 Å². The van der Waals surface area contributed by atoms with Gasteiger partial charge in [-0.25, -0.2) is 24.9 Å². The smallest absolute Gasteiger partial charge is 0.235 e. The third-order valence-corrected chi connectivity index (χ3v) is 26.3. The van der Waals surface area contributed by atoms with Crippen LogP contribution in [0.4, 0.5) is 0 Å². The van der Waals surface area contributed by atoms with Gasteiger partial charge in [0.25, 0.3) is 0 Å². The van der Waals surface area contributed by atoms with Gasteiger partial charge in [0.2, 0.25) is 5.95 Å². The van der Waals surface area contributed by atoms with Gasteiger partial charge >= 0.3 is 0 Å². The minimum atomic E-state index is -0.504. The van der Waals surface area contributed by atoms with Crippen molar-refractivity contribution >= 4 is 81.8 Å². The molecular weight excluding hydrogens is 1830 g/mol. The fraction of sp³-hybridized carbons (Fsp3) is 0.105. The molecule has 0 bridgehead atoms. The Morgan fingerprint density at radius 2 is 0.852 bits per heavy atom. The largest absolute Gasteiger partial charge is 0.512 e. The number of fused-ring (bicyclic) bond motifs is 13. The SMILES string of the molecule is CCC(CC)C(=O)C=C(O)C(CC)CC.Cc1[c-]c(-c2cc3ccccc3cn2)cc(C)c1.[Ir].c1ccc(-c2ccc(-c3nc(-c4ccccc4)nc(-c4cccc5c4-c4ccccc4C5(c4ccccc4)c4ccccc4)n3)cc2)cc1.c1ccc(-c2nc(-n3c4ccc(-c5ccc6c(c5)c5ccccc5n6-c5ccccc5)cc4c4c5ccccc5ccc43)nc3ccccc23)cc1. The van der Waals surface area contributed by atoms with Crippen molar-refractivity contribution in [3.63, 3.8) is 0 Å². The molecule has 0 aliphatic heterocycles. The summed E-state index contributed by atoms with van der Waals surface area (Å²) >= 11 is 0. The van der Waals surface area contributed by atoms with Gasteiger partial charge in [-0.1, -0.05) is 387 Å². The molecule has 5 aromatic heterocycles. The van der Waals surface area contributed by atoms with Crippen molar-refractivity contribution in [3.8, 4) is 102 Å². The van der Waals surface area contributed by atoms with Crippen LogP contribution in [0.25, 0.3) is 178 Å². The van der Waals surface area contributed by atoms with Crippen LogP contribution in [0.1, 0.15) is 86.8 Å². The molecular formula is C124H99IrN8O2-. The van der Waals surface area contributed by atoms with Gasteiger partial charge in [-0.2, -0.15) is 0 Å². The van der Waals surface area contributed by atoms with E-state index < -0.39 is 5.41 Å². The van der Waals surface area contributed by atoms with Gasteiger partial charge in [0.05, 0.1) is 44.5 Å². The summed E-state index contributed by atoms with van der Waals surface area (Å²) in [6.07, 6.45) is 6.83. The molecule has 0 amide bonds. The normalized spacial score (nSPS) is 12.0. The molecule has 0 unspecified atom stereocenters. The molecule has 1 aliphatic rings. The van der Waals surface area contributed by atoms with Crippen molar-refractivity contribution < 1.29 is 30.0 Å². The van der Waals surface area contributed by atoms with Crippen LogP contribution in [-0.4, -0.2) is 49.9 Å². The van der Waals surface area contributed by atoms with Gasteiger partial charge < -0.3 is 14.7 Å². The van der Waals surface area contributed by atoms with Crippen molar-refractivity contribution in [1.29, 1.82) is 0 Å². The van der Waals surface area contributed by atoms with Crippen LogP contribution >= 0.6 is 0 Å². The topological polar surface area (TPSA) is 125 Å². The molecule has 22 aromatic rings. The number of ketones is 1. The number of benzene rings is 17. The van der Waals surface area contributed by atoms with E-state index in [1.165, 1.54) is 110 Å². The number of aryl methyl sites for hydroxylation is 2. The Bertz CT molecular complexity index is 8040. The predicted octanol–water partition coefficient (Wildman–Crippen LogP) is 31.4. The molecule has 135 heavy (non-hydrogen) atoms. The second-order valence-electron chi connectivity index (χ2n) is 34.5. The number of carbonyl (C=O) groups is 1. The number of hydrogen-bond acceptors (Lipinski definition) is 8. The molecule has 657 valence electrons. The molecule has 11 heteroatoms. The average Bonchev–Trinajstić information content (AvgIpc) is 1.53. The Morgan fingerprint density at radius 1 is 0.370 bits per heavy atom. The molecule has 1 N–H and O–H groups in total. The Morgan fingerprint density at radius 3 is 1.50 bits per heavy atom. The van der Waals surface area contributed by atoms with Crippen molar-refractivity contribution in [1.82, 2.24) is 39.0 Å². The number of aromatic nitrogens is 8. The number of aliphatic hydroxyl groups excluding tert-OH is 1. The molecule has 23 rings (SSSR count). The van der Waals surface area contributed by atoms with Crippen molar-refractivity contribution in [2.45, 2.75) is 72.6 Å². The standard InChI is InChI=1S/C48H30N4.C46H31N3.C17H14N.C13H24O2.Ir/c1-3-14-32(15-4-1)47-38-20-9-11-21-41(38)49-48(50-47)52-44-27-25-34(30-40(44)46-36-18-8-7-13-31(36)23-28-45(46)52)33-24-26-43-39(29-33)37-19-10-12-22-42(37)51(43)35-16-5-2-6-17-35;1-5-16-32(17-6-1)33-28-30-35(31-29-33)44-47-43(34-18-7-2-8-19-34)48-45(49-44)39-25-15-27-41-42(39)38-24-13-14-26-40(38)46(41,36-20-9-3-10-21-36)37-22-11-4-12-23-37;1-12-7-13(2)9-16(8-12)17-10-14-5-3-4-6-15(14)11-18-17;1-5-10(6-2)12(14)9-13(15)11(7-3)8-4;/h1-30H;1-31H;3-8,10-11H,1-2H3;9-11,14H,5-8H2,1-4H3;/q;;-1;;. The maximum Gasteiger partial charge on any atom is 0.235 e. The number of aliphatic hydroxyl groups is 1. The number of para-hydroxylation sites is 3. The van der Waals surface area contributed by atoms with E-state index in [0.29, 0.717) is 23.4 Å². The van der Waals surface area contributed by atoms with Crippen molar-refractivity contribution in [2.24, 2.45) is 11.8 Å². The van der Waals surface area contributed by atoms with Crippen LogP contribution in [-0.2, 0) is 30.3 Å². The minimum Gasteiger partial charge on any atom is -0.512 e.